The maximum absolute atomic E-state index is 12.9. The number of hydrogen-bond donors (Lipinski definition) is 1. The number of rotatable bonds is 3. The van der Waals surface area contributed by atoms with Crippen LogP contribution in [0.25, 0.3) is 0 Å². The molecule has 1 N–H and O–H groups in total. The molecule has 0 aromatic heterocycles. The van der Waals surface area contributed by atoms with Gasteiger partial charge in [-0.15, -0.1) is 11.6 Å². The number of hydrogen-bond acceptors (Lipinski definition) is 5. The van der Waals surface area contributed by atoms with E-state index >= 15 is 0 Å². The molecule has 1 amide bonds. The van der Waals surface area contributed by atoms with Crippen LogP contribution >= 0.6 is 54.0 Å². The van der Waals surface area contributed by atoms with Crippen LogP contribution in [0.4, 0.5) is 0 Å². The van der Waals surface area contributed by atoms with Gasteiger partial charge in [0.15, 0.2) is 5.78 Å². The van der Waals surface area contributed by atoms with Gasteiger partial charge in [0.1, 0.15) is 0 Å². The molecule has 1 saturated heterocycles. The molecule has 0 saturated carbocycles. The molecular weight excluding hydrogens is 411 g/mol. The molecule has 4 atom stereocenters. The molecule has 1 aliphatic heterocycles. The molecule has 6 nitrogen and oxygen atoms in total. The van der Waals surface area contributed by atoms with Gasteiger partial charge in [-0.1, -0.05) is 40.9 Å². The second-order valence-corrected chi connectivity index (χ2v) is 10.4. The Labute approximate surface area is 154 Å². The highest BCUT2D eigenvalue weighted by atomic mass is 35.6. The van der Waals surface area contributed by atoms with Crippen molar-refractivity contribution in [3.63, 3.8) is 0 Å². The number of aliphatic hydroxyl groups is 1. The second-order valence-electron chi connectivity index (χ2n) is 5.34. The SMILES string of the molecule is COP(=O)(OC)[C@@H]1C2=C[C@H](Cl)[C@@H](O)C[C@H]2CN1C(=O)C(Cl)(Cl)Cl. The molecule has 2 rings (SSSR count). The van der Waals surface area contributed by atoms with Gasteiger partial charge in [0.25, 0.3) is 9.70 Å². The number of alkyl halides is 4. The van der Waals surface area contributed by atoms with Crippen LogP contribution in [0.5, 0.6) is 0 Å². The lowest BCUT2D eigenvalue weighted by atomic mass is 9.88. The number of carbonyl (C=O) groups is 1. The zero-order chi connectivity index (χ0) is 17.6. The first-order chi connectivity index (χ1) is 10.5. The average Bonchev–Trinajstić information content (AvgIpc) is 2.84. The number of nitrogens with zero attached hydrogens (tertiary/aromatic N) is 1. The van der Waals surface area contributed by atoms with Crippen molar-refractivity contribution in [1.82, 2.24) is 4.90 Å². The molecule has 0 radical (unpaired) electrons. The summed E-state index contributed by atoms with van der Waals surface area (Å²) in [5.41, 5.74) is 0.588. The number of likely N-dealkylation sites (tertiary alicyclic amines) is 1. The van der Waals surface area contributed by atoms with Crippen molar-refractivity contribution < 1.29 is 23.5 Å². The molecule has 11 heteroatoms. The summed E-state index contributed by atoms with van der Waals surface area (Å²) < 4.78 is 20.8. The van der Waals surface area contributed by atoms with E-state index in [1.807, 2.05) is 0 Å². The van der Waals surface area contributed by atoms with Crippen molar-refractivity contribution in [2.45, 2.75) is 27.5 Å². The molecule has 1 aliphatic carbocycles. The number of carbonyl (C=O) groups excluding carboxylic acids is 1. The molecule has 2 aliphatic rings. The van der Waals surface area contributed by atoms with Gasteiger partial charge in [-0.3, -0.25) is 9.36 Å². The Bertz CT molecular complexity index is 558. The Balaban J connectivity index is 2.50. The lowest BCUT2D eigenvalue weighted by Gasteiger charge is -2.32. The summed E-state index contributed by atoms with van der Waals surface area (Å²) in [6.45, 7) is 0.126. The minimum Gasteiger partial charge on any atom is -0.391 e. The fourth-order valence-electron chi connectivity index (χ4n) is 2.97. The fraction of sp³-hybridized carbons (Fsp3) is 0.750. The smallest absolute Gasteiger partial charge is 0.356 e. The van der Waals surface area contributed by atoms with Crippen LogP contribution in [-0.4, -0.2) is 57.7 Å². The first-order valence-corrected chi connectivity index (χ1v) is 9.86. The zero-order valence-electron chi connectivity index (χ0n) is 12.3. The Morgan fingerprint density at radius 1 is 1.39 bits per heavy atom. The number of aliphatic hydroxyl groups excluding tert-OH is 1. The first kappa shape index (κ1) is 19.8. The molecule has 132 valence electrons. The Morgan fingerprint density at radius 2 is 1.96 bits per heavy atom. The number of halogens is 4. The van der Waals surface area contributed by atoms with E-state index in [4.69, 9.17) is 55.5 Å². The van der Waals surface area contributed by atoms with E-state index < -0.39 is 34.6 Å². The molecule has 1 heterocycles. The highest BCUT2D eigenvalue weighted by Crippen LogP contribution is 2.60. The molecule has 0 aromatic carbocycles. The van der Waals surface area contributed by atoms with Crippen molar-refractivity contribution >= 4 is 59.9 Å². The molecule has 0 aromatic rings. The van der Waals surface area contributed by atoms with E-state index in [1.165, 1.54) is 19.1 Å². The molecule has 0 spiro atoms. The second kappa shape index (κ2) is 7.00. The van der Waals surface area contributed by atoms with Crippen LogP contribution in [0, 0.1) is 5.92 Å². The Hall–Kier alpha value is 0.480. The van der Waals surface area contributed by atoms with Gasteiger partial charge in [-0.05, 0) is 12.0 Å². The van der Waals surface area contributed by atoms with Crippen LogP contribution < -0.4 is 0 Å². The summed E-state index contributed by atoms with van der Waals surface area (Å²) in [4.78, 5) is 13.6. The third kappa shape index (κ3) is 3.70. The van der Waals surface area contributed by atoms with Crippen molar-refractivity contribution in [1.29, 1.82) is 0 Å². The lowest BCUT2D eigenvalue weighted by molar-refractivity contribution is -0.130. The summed E-state index contributed by atoms with van der Waals surface area (Å²) in [7, 11) is -1.29. The van der Waals surface area contributed by atoms with Gasteiger partial charge in [0.2, 0.25) is 0 Å². The summed E-state index contributed by atoms with van der Waals surface area (Å²) in [6.07, 6.45) is 1.09. The predicted octanol–water partition coefficient (Wildman–Crippen LogP) is 2.93. The van der Waals surface area contributed by atoms with Gasteiger partial charge in [-0.2, -0.15) is 0 Å². The predicted molar refractivity (Wildman–Crippen MR) is 89.3 cm³/mol. The molecule has 0 unspecified atom stereocenters. The first-order valence-electron chi connectivity index (χ1n) is 6.68. The quantitative estimate of drug-likeness (QED) is 0.426. The van der Waals surface area contributed by atoms with Gasteiger partial charge < -0.3 is 19.1 Å². The van der Waals surface area contributed by atoms with Crippen molar-refractivity contribution in [3.05, 3.63) is 11.6 Å². The Kier molecular flexibility index (Phi) is 6.03. The number of fused-ring (bicyclic) bond motifs is 1. The van der Waals surface area contributed by atoms with Crippen LogP contribution in [0.2, 0.25) is 0 Å². The normalized spacial score (nSPS) is 31.8. The third-order valence-corrected chi connectivity index (χ3v) is 7.13. The fourth-order valence-corrected chi connectivity index (χ4v) is 5.29. The lowest BCUT2D eigenvalue weighted by Crippen LogP contribution is -2.43. The van der Waals surface area contributed by atoms with Crippen LogP contribution in [0.1, 0.15) is 6.42 Å². The van der Waals surface area contributed by atoms with Gasteiger partial charge in [0.05, 0.1) is 11.5 Å². The maximum Gasteiger partial charge on any atom is 0.356 e. The van der Waals surface area contributed by atoms with Crippen molar-refractivity contribution in [3.8, 4) is 0 Å². The van der Waals surface area contributed by atoms with Crippen LogP contribution in [0.15, 0.2) is 11.6 Å². The van der Waals surface area contributed by atoms with E-state index in [9.17, 15) is 14.5 Å². The standard InChI is InChI=1S/C12H16Cl4NO5P/c1-21-23(20,22-2)10-7-4-8(13)9(18)3-6(7)5-17(10)11(19)12(14,15)16/h4,6,8-10,18H,3,5H2,1-2H3/t6-,8-,9-,10+/m0/s1. The minimum absolute atomic E-state index is 0.126. The van der Waals surface area contributed by atoms with Crippen molar-refractivity contribution in [2.75, 3.05) is 20.8 Å². The molecule has 23 heavy (non-hydrogen) atoms. The van der Waals surface area contributed by atoms with Gasteiger partial charge in [-0.25, -0.2) is 0 Å². The van der Waals surface area contributed by atoms with E-state index in [2.05, 4.69) is 0 Å². The van der Waals surface area contributed by atoms with E-state index in [0.717, 1.165) is 0 Å². The topological polar surface area (TPSA) is 76.1 Å². The van der Waals surface area contributed by atoms with E-state index in [-0.39, 0.29) is 12.5 Å². The average molecular weight is 427 g/mol. The van der Waals surface area contributed by atoms with E-state index in [0.29, 0.717) is 12.0 Å². The zero-order valence-corrected chi connectivity index (χ0v) is 16.2. The van der Waals surface area contributed by atoms with Gasteiger partial charge >= 0.3 is 7.60 Å². The molecular formula is C12H16Cl4NO5P. The maximum atomic E-state index is 12.9. The summed E-state index contributed by atoms with van der Waals surface area (Å²) in [6, 6.07) is 0. The summed E-state index contributed by atoms with van der Waals surface area (Å²) >= 11 is 23.2. The Morgan fingerprint density at radius 3 is 2.43 bits per heavy atom. The molecule has 0 bridgehead atoms. The van der Waals surface area contributed by atoms with Crippen LogP contribution in [-0.2, 0) is 18.4 Å². The largest absolute Gasteiger partial charge is 0.391 e. The minimum atomic E-state index is -3.72. The van der Waals surface area contributed by atoms with E-state index in [1.54, 1.807) is 6.08 Å². The highest BCUT2D eigenvalue weighted by Gasteiger charge is 2.55. The molecule has 1 fully saturated rings. The van der Waals surface area contributed by atoms with Crippen LogP contribution in [0.3, 0.4) is 0 Å². The summed E-state index contributed by atoms with van der Waals surface area (Å²) in [5.74, 6) is -2.14. The number of amides is 1. The summed E-state index contributed by atoms with van der Waals surface area (Å²) in [5, 5.41) is 9.25. The highest BCUT2D eigenvalue weighted by molar-refractivity contribution is 7.54. The van der Waals surface area contributed by atoms with Gasteiger partial charge in [0, 0.05) is 26.7 Å². The third-order valence-electron chi connectivity index (χ3n) is 4.04. The monoisotopic (exact) mass is 425 g/mol. The van der Waals surface area contributed by atoms with Crippen molar-refractivity contribution in [2.24, 2.45) is 5.92 Å².